The van der Waals surface area contributed by atoms with Crippen molar-refractivity contribution in [2.75, 3.05) is 26.4 Å². The van der Waals surface area contributed by atoms with Gasteiger partial charge in [0.1, 0.15) is 24.5 Å². The van der Waals surface area contributed by atoms with Gasteiger partial charge in [0.2, 0.25) is 0 Å². The maximum absolute atomic E-state index is 13.9. The van der Waals surface area contributed by atoms with Gasteiger partial charge in [-0.2, -0.15) is 26.3 Å². The molecule has 2 aliphatic heterocycles. The molecule has 0 aromatic heterocycles. The number of benzene rings is 2. The Kier molecular flexibility index (Phi) is 11.5. The van der Waals surface area contributed by atoms with Gasteiger partial charge >= 0.3 is 18.4 Å². The third-order valence-corrected chi connectivity index (χ3v) is 9.91. The van der Waals surface area contributed by atoms with E-state index in [2.05, 4.69) is 5.32 Å². The molecule has 1 saturated heterocycles. The second-order valence-corrected chi connectivity index (χ2v) is 13.3. The number of ether oxygens (including phenoxy) is 3. The number of nitrogens with zero attached hydrogens (tertiary/aromatic N) is 1. The summed E-state index contributed by atoms with van der Waals surface area (Å²) in [6, 6.07) is 5.99. The molecule has 0 radical (unpaired) electrons. The van der Waals surface area contributed by atoms with Crippen molar-refractivity contribution in [2.45, 2.75) is 102 Å². The number of fused-ring (bicyclic) bond motifs is 1. The highest BCUT2D eigenvalue weighted by Gasteiger charge is 2.71. The second kappa shape index (κ2) is 15.3. The largest absolute Gasteiger partial charge is 0.493 e. The summed E-state index contributed by atoms with van der Waals surface area (Å²) in [4.78, 5) is 27.9. The number of imide groups is 1. The van der Waals surface area contributed by atoms with E-state index in [-0.39, 0.29) is 48.8 Å². The van der Waals surface area contributed by atoms with Crippen LogP contribution in [0.15, 0.2) is 36.4 Å². The van der Waals surface area contributed by atoms with Crippen LogP contribution in [0.4, 0.5) is 31.1 Å². The Hall–Kier alpha value is -3.94. The highest BCUT2D eigenvalue weighted by atomic mass is 19.4. The van der Waals surface area contributed by atoms with E-state index >= 15 is 0 Å². The number of carbonyl (C=O) groups is 2. The summed E-state index contributed by atoms with van der Waals surface area (Å²) >= 11 is 0. The number of halogens is 6. The van der Waals surface area contributed by atoms with Gasteiger partial charge in [-0.25, -0.2) is 4.79 Å². The first kappa shape index (κ1) is 38.3. The number of rotatable bonds is 13. The van der Waals surface area contributed by atoms with Gasteiger partial charge in [-0.1, -0.05) is 57.7 Å². The minimum Gasteiger partial charge on any atom is -0.493 e. The van der Waals surface area contributed by atoms with Crippen LogP contribution in [0.3, 0.4) is 0 Å². The summed E-state index contributed by atoms with van der Waals surface area (Å²) in [6.45, 7) is 4.34. The molecular weight excluding hydrogens is 682 g/mol. The lowest BCUT2D eigenvalue weighted by molar-refractivity contribution is -0.376. The summed E-state index contributed by atoms with van der Waals surface area (Å²) in [5, 5.41) is 13.1. The lowest BCUT2D eigenvalue weighted by Gasteiger charge is -2.33. The van der Waals surface area contributed by atoms with Crippen molar-refractivity contribution in [3.05, 3.63) is 58.7 Å². The number of hydrogen-bond donors (Lipinski definition) is 2. The molecule has 2 aromatic rings. The molecule has 0 bridgehead atoms. The van der Waals surface area contributed by atoms with E-state index in [0.29, 0.717) is 55.6 Å². The average molecular weight is 727 g/mol. The summed E-state index contributed by atoms with van der Waals surface area (Å²) < 4.78 is 101. The number of allylic oxidation sites excluding steroid dienone is 1. The van der Waals surface area contributed by atoms with E-state index in [0.717, 1.165) is 43.1 Å². The van der Waals surface area contributed by atoms with Crippen LogP contribution >= 0.6 is 0 Å². The fourth-order valence-corrected chi connectivity index (χ4v) is 7.06. The van der Waals surface area contributed by atoms with Gasteiger partial charge in [0.15, 0.2) is 11.5 Å². The third-order valence-electron chi connectivity index (χ3n) is 9.91. The highest BCUT2D eigenvalue weighted by Crippen LogP contribution is 2.51. The fraction of sp³-hybridized carbons (Fsp3) is 0.568. The van der Waals surface area contributed by atoms with Crippen molar-refractivity contribution in [1.29, 1.82) is 0 Å². The smallest absolute Gasteiger partial charge is 0.430 e. The number of aryl methyl sites for hydroxylation is 1. The molecule has 2 N–H and O–H groups in total. The molecule has 8 nitrogen and oxygen atoms in total. The summed E-state index contributed by atoms with van der Waals surface area (Å²) in [5.74, 6) is 0.846. The number of nitrogens with one attached hydrogen (secondary N) is 1. The molecule has 3 aliphatic rings. The Morgan fingerprint density at radius 3 is 2.29 bits per heavy atom. The van der Waals surface area contributed by atoms with Crippen LogP contribution in [-0.4, -0.2) is 60.7 Å². The minimum absolute atomic E-state index is 0.00781. The molecule has 1 unspecified atom stereocenters. The molecule has 2 aromatic carbocycles. The van der Waals surface area contributed by atoms with Crippen LogP contribution in [0.5, 0.6) is 17.2 Å². The number of alkyl halides is 6. The van der Waals surface area contributed by atoms with Gasteiger partial charge in [0.05, 0.1) is 6.61 Å². The minimum atomic E-state index is -6.03. The number of unbranched alkanes of at least 4 members (excludes halogenated alkanes) is 1. The Balaban J connectivity index is 1.34. The van der Waals surface area contributed by atoms with Gasteiger partial charge in [0, 0.05) is 17.7 Å². The van der Waals surface area contributed by atoms with Crippen molar-refractivity contribution in [3.63, 3.8) is 0 Å². The third kappa shape index (κ3) is 7.66. The van der Waals surface area contributed by atoms with Gasteiger partial charge < -0.3 is 24.6 Å². The first-order valence-electron chi connectivity index (χ1n) is 17.5. The summed E-state index contributed by atoms with van der Waals surface area (Å²) in [5.41, 5.74) is -7.03. The molecule has 1 aliphatic carbocycles. The van der Waals surface area contributed by atoms with Gasteiger partial charge in [0.25, 0.3) is 11.5 Å². The predicted octanol–water partition coefficient (Wildman–Crippen LogP) is 8.33. The number of carbonyl (C=O) groups excluding carboxylic acids is 2. The van der Waals surface area contributed by atoms with E-state index in [9.17, 15) is 41.0 Å². The van der Waals surface area contributed by atoms with Gasteiger partial charge in [-0.05, 0) is 79.8 Å². The van der Waals surface area contributed by atoms with E-state index in [1.165, 1.54) is 6.08 Å². The number of hydrogen-bond acceptors (Lipinski definition) is 6. The SMILES string of the molecule is CCCc1cc(C(O)(C(F)(F)F)C(F)(F)F)cc(/C=C/C2CCCCC2)c1OCCCCN1C(=O)NC(CC)(c2ccc3c(c2)OCCO3)C1=O. The molecule has 0 spiro atoms. The number of aliphatic hydroxyl groups is 1. The maximum atomic E-state index is 13.9. The molecule has 1 atom stereocenters. The molecule has 51 heavy (non-hydrogen) atoms. The quantitative estimate of drug-likeness (QED) is 0.122. The van der Waals surface area contributed by atoms with Gasteiger partial charge in [-0.3, -0.25) is 9.69 Å². The van der Waals surface area contributed by atoms with Gasteiger partial charge in [-0.15, -0.1) is 0 Å². The Morgan fingerprint density at radius 1 is 0.961 bits per heavy atom. The van der Waals surface area contributed by atoms with E-state index in [4.69, 9.17) is 14.2 Å². The summed E-state index contributed by atoms with van der Waals surface area (Å²) in [6.07, 6.45) is -2.69. The Labute approximate surface area is 293 Å². The van der Waals surface area contributed by atoms with Crippen LogP contribution in [0.2, 0.25) is 0 Å². The van der Waals surface area contributed by atoms with Crippen LogP contribution < -0.4 is 19.5 Å². The molecule has 1 saturated carbocycles. The topological polar surface area (TPSA) is 97.3 Å². The van der Waals surface area contributed by atoms with E-state index in [1.807, 2.05) is 0 Å². The monoisotopic (exact) mass is 726 g/mol. The highest BCUT2D eigenvalue weighted by molar-refractivity contribution is 6.07. The lowest BCUT2D eigenvalue weighted by atomic mass is 9.86. The van der Waals surface area contributed by atoms with E-state index in [1.54, 1.807) is 38.1 Å². The van der Waals surface area contributed by atoms with Crippen LogP contribution in [0.25, 0.3) is 6.08 Å². The zero-order valence-electron chi connectivity index (χ0n) is 28.7. The molecule has 5 rings (SSSR count). The summed E-state index contributed by atoms with van der Waals surface area (Å²) in [7, 11) is 0. The van der Waals surface area contributed by atoms with Crippen molar-refractivity contribution in [2.24, 2.45) is 5.92 Å². The zero-order chi connectivity index (χ0) is 37.0. The molecule has 14 heteroatoms. The first-order valence-corrected chi connectivity index (χ1v) is 17.5. The van der Waals surface area contributed by atoms with Crippen molar-refractivity contribution in [3.8, 4) is 17.2 Å². The molecule has 3 amide bonds. The predicted molar refractivity (Wildman–Crippen MR) is 176 cm³/mol. The first-order chi connectivity index (χ1) is 24.2. The second-order valence-electron chi connectivity index (χ2n) is 13.3. The molecular formula is C37H44F6N2O6. The van der Waals surface area contributed by atoms with Crippen LogP contribution in [0, 0.1) is 5.92 Å². The normalized spacial score (nSPS) is 20.3. The standard InChI is InChI=1S/C37H44F6N2O6/c1-3-10-25-21-28(35(48,36(38,39)40)37(41,42)43)22-26(14-13-24-11-6-5-7-12-24)31(25)51-18-9-8-17-45-32(46)34(4-2,44-33(45)47)27-15-16-29-30(23-27)50-20-19-49-29/h13-16,21-24,48H,3-12,17-20H2,1-2H3,(H,44,47)/b14-13+. The average Bonchev–Trinajstić information content (AvgIpc) is 3.35. The maximum Gasteiger partial charge on any atom is 0.430 e. The lowest BCUT2D eigenvalue weighted by Crippen LogP contribution is -2.54. The van der Waals surface area contributed by atoms with E-state index < -0.39 is 41.0 Å². The Bertz CT molecular complexity index is 1590. The fourth-order valence-electron chi connectivity index (χ4n) is 7.06. The number of urea groups is 1. The van der Waals surface area contributed by atoms with Crippen LogP contribution in [0.1, 0.15) is 93.9 Å². The number of amides is 3. The molecule has 280 valence electrons. The van der Waals surface area contributed by atoms with Crippen molar-refractivity contribution >= 4 is 18.0 Å². The zero-order valence-corrected chi connectivity index (χ0v) is 28.7. The molecule has 2 heterocycles. The van der Waals surface area contributed by atoms with Crippen molar-refractivity contribution < 1.29 is 55.2 Å². The van der Waals surface area contributed by atoms with Crippen molar-refractivity contribution in [1.82, 2.24) is 10.2 Å². The molecule has 2 fully saturated rings. The van der Waals surface area contributed by atoms with Crippen LogP contribution in [-0.2, 0) is 22.4 Å². The Morgan fingerprint density at radius 2 is 1.65 bits per heavy atom.